The van der Waals surface area contributed by atoms with Crippen molar-refractivity contribution < 1.29 is 22.3 Å². The molecule has 1 saturated heterocycles. The molecule has 176 valence electrons. The highest BCUT2D eigenvalue weighted by molar-refractivity contribution is 5.48. The number of nitrogens with zero attached hydrogens (tertiary/aromatic N) is 6. The predicted molar refractivity (Wildman–Crippen MR) is 109 cm³/mol. The van der Waals surface area contributed by atoms with Gasteiger partial charge in [0.2, 0.25) is 0 Å². The van der Waals surface area contributed by atoms with Gasteiger partial charge in [-0.15, -0.1) is 0 Å². The second-order valence-electron chi connectivity index (χ2n) is 8.46. The van der Waals surface area contributed by atoms with E-state index in [1.165, 1.54) is 4.68 Å². The molecule has 2 aliphatic heterocycles. The van der Waals surface area contributed by atoms with Gasteiger partial charge in [0.15, 0.2) is 11.6 Å². The summed E-state index contributed by atoms with van der Waals surface area (Å²) in [4.78, 5) is 10.7. The van der Waals surface area contributed by atoms with Crippen LogP contribution in [0.3, 0.4) is 0 Å². The largest absolute Gasteiger partial charge is 0.370 e. The Labute approximate surface area is 187 Å². The molecule has 33 heavy (non-hydrogen) atoms. The van der Waals surface area contributed by atoms with E-state index in [0.29, 0.717) is 30.2 Å². The van der Waals surface area contributed by atoms with E-state index in [-0.39, 0.29) is 36.4 Å². The lowest BCUT2D eigenvalue weighted by atomic mass is 9.93. The number of ether oxygens (including phenoxy) is 1. The molecule has 0 aliphatic carbocycles. The van der Waals surface area contributed by atoms with Crippen molar-refractivity contribution in [3.63, 3.8) is 0 Å². The summed E-state index contributed by atoms with van der Waals surface area (Å²) in [5.74, 6) is -0.322. The van der Waals surface area contributed by atoms with Crippen LogP contribution in [0.15, 0.2) is 18.2 Å². The van der Waals surface area contributed by atoms with Gasteiger partial charge in [-0.25, -0.2) is 23.4 Å². The van der Waals surface area contributed by atoms with Crippen LogP contribution in [0.4, 0.5) is 17.6 Å². The Morgan fingerprint density at radius 1 is 1.15 bits per heavy atom. The molecular weight excluding hydrogens is 442 g/mol. The van der Waals surface area contributed by atoms with E-state index in [1.807, 2.05) is 4.90 Å². The quantitative estimate of drug-likeness (QED) is 0.597. The number of imidazole rings is 1. The van der Waals surface area contributed by atoms with E-state index in [4.69, 9.17) is 10.5 Å². The molecule has 0 radical (unpaired) electrons. The highest BCUT2D eigenvalue weighted by atomic mass is 19.3. The first-order valence-electron chi connectivity index (χ1n) is 10.5. The van der Waals surface area contributed by atoms with Crippen LogP contribution in [-0.2, 0) is 24.9 Å². The average molecular weight is 465 g/mol. The number of aryl methyl sites for hydroxylation is 2. The summed E-state index contributed by atoms with van der Waals surface area (Å²) in [7, 11) is 1.63. The maximum absolute atomic E-state index is 14.2. The summed E-state index contributed by atoms with van der Waals surface area (Å²) in [6, 6.07) is 2.43. The number of alkyl halides is 2. The first-order chi connectivity index (χ1) is 15.7. The fourth-order valence-corrected chi connectivity index (χ4v) is 4.73. The molecule has 5 rings (SSSR count). The minimum atomic E-state index is -2.79. The van der Waals surface area contributed by atoms with Crippen molar-refractivity contribution in [1.82, 2.24) is 29.2 Å². The molecule has 2 aliphatic rings. The highest BCUT2D eigenvalue weighted by Gasteiger charge is 2.39. The normalized spacial score (nSPS) is 23.5. The molecular formula is C21H23F4N7O. The minimum absolute atomic E-state index is 0.0796. The van der Waals surface area contributed by atoms with Crippen LogP contribution in [-0.4, -0.2) is 47.9 Å². The van der Waals surface area contributed by atoms with Gasteiger partial charge in [0.05, 0.1) is 18.0 Å². The summed E-state index contributed by atoms with van der Waals surface area (Å²) >= 11 is 0. The highest BCUT2D eigenvalue weighted by Crippen LogP contribution is 2.37. The summed E-state index contributed by atoms with van der Waals surface area (Å²) in [6.45, 7) is -0.313. The number of benzene rings is 1. The molecule has 0 amide bonds. The zero-order valence-corrected chi connectivity index (χ0v) is 18.1. The molecule has 3 aromatic rings. The van der Waals surface area contributed by atoms with Crippen molar-refractivity contribution in [3.05, 3.63) is 52.6 Å². The minimum Gasteiger partial charge on any atom is -0.370 e. The van der Waals surface area contributed by atoms with Crippen LogP contribution in [0.1, 0.15) is 41.8 Å². The number of rotatable bonds is 4. The summed E-state index contributed by atoms with van der Waals surface area (Å²) in [6.07, 6.45) is -0.338. The Balaban J connectivity index is 1.35. The predicted octanol–water partition coefficient (Wildman–Crippen LogP) is 2.83. The van der Waals surface area contributed by atoms with E-state index >= 15 is 0 Å². The van der Waals surface area contributed by atoms with Crippen molar-refractivity contribution in [2.24, 2.45) is 12.8 Å². The summed E-state index contributed by atoms with van der Waals surface area (Å²) < 4.78 is 64.0. The van der Waals surface area contributed by atoms with Crippen molar-refractivity contribution in [2.45, 2.75) is 51.2 Å². The van der Waals surface area contributed by atoms with E-state index in [0.717, 1.165) is 22.8 Å². The van der Waals surface area contributed by atoms with E-state index < -0.39 is 30.3 Å². The third kappa shape index (κ3) is 3.81. The molecule has 1 aromatic carbocycles. The first kappa shape index (κ1) is 22.0. The molecule has 0 spiro atoms. The number of fused-ring (bicyclic) bond motifs is 1. The van der Waals surface area contributed by atoms with Gasteiger partial charge in [-0.2, -0.15) is 13.9 Å². The van der Waals surface area contributed by atoms with Gasteiger partial charge in [-0.05, 0) is 31.5 Å². The SMILES string of the molecule is Cc1nc(-c2nc3c(n2C(F)F)CN(C2CO[C@H](c4cc(F)ccc4F)C(N)C2)C3)n(C)n1. The average Bonchev–Trinajstić information content (AvgIpc) is 3.41. The van der Waals surface area contributed by atoms with E-state index in [9.17, 15) is 17.6 Å². The third-order valence-corrected chi connectivity index (χ3v) is 6.25. The van der Waals surface area contributed by atoms with Crippen LogP contribution in [0.5, 0.6) is 0 Å². The molecule has 2 unspecified atom stereocenters. The molecule has 1 fully saturated rings. The van der Waals surface area contributed by atoms with Crippen LogP contribution >= 0.6 is 0 Å². The van der Waals surface area contributed by atoms with Gasteiger partial charge >= 0.3 is 6.55 Å². The Bertz CT molecular complexity index is 1190. The van der Waals surface area contributed by atoms with Gasteiger partial charge in [0, 0.05) is 37.8 Å². The first-order valence-corrected chi connectivity index (χ1v) is 10.5. The van der Waals surface area contributed by atoms with Crippen molar-refractivity contribution in [3.8, 4) is 11.6 Å². The maximum atomic E-state index is 14.2. The van der Waals surface area contributed by atoms with Crippen LogP contribution < -0.4 is 5.73 Å². The van der Waals surface area contributed by atoms with Crippen molar-refractivity contribution in [1.29, 1.82) is 0 Å². The van der Waals surface area contributed by atoms with E-state index in [2.05, 4.69) is 15.1 Å². The maximum Gasteiger partial charge on any atom is 0.320 e. The Morgan fingerprint density at radius 3 is 2.61 bits per heavy atom. The molecule has 12 heteroatoms. The topological polar surface area (TPSA) is 87.0 Å². The molecule has 3 atom stereocenters. The second-order valence-corrected chi connectivity index (χ2v) is 8.46. The standard InChI is InChI=1S/C21H23F4N7O/c1-10-27-19(30(2)29-10)20-28-16-7-31(8-17(16)32(20)21(24)25)12-6-15(26)18(33-9-12)13-5-11(22)3-4-14(13)23/h3-5,12,15,18,21H,6-9,26H2,1-2H3/t12?,15?,18-/m1/s1. The number of halogens is 4. The molecule has 2 N–H and O–H groups in total. The Hall–Kier alpha value is -2.83. The molecule has 0 saturated carbocycles. The second kappa shape index (κ2) is 8.19. The van der Waals surface area contributed by atoms with Gasteiger partial charge in [-0.1, -0.05) is 0 Å². The number of aromatic nitrogens is 5. The van der Waals surface area contributed by atoms with Gasteiger partial charge in [0.1, 0.15) is 23.6 Å². The Morgan fingerprint density at radius 2 is 1.94 bits per heavy atom. The fraction of sp³-hybridized carbons (Fsp3) is 0.476. The van der Waals surface area contributed by atoms with Crippen LogP contribution in [0.2, 0.25) is 0 Å². The summed E-state index contributed by atoms with van der Waals surface area (Å²) in [5, 5.41) is 4.13. The lowest BCUT2D eigenvalue weighted by molar-refractivity contribution is -0.0538. The van der Waals surface area contributed by atoms with Crippen molar-refractivity contribution >= 4 is 0 Å². The number of hydrogen-bond donors (Lipinski definition) is 1. The lowest BCUT2D eigenvalue weighted by Gasteiger charge is -2.38. The molecule has 0 bridgehead atoms. The Kier molecular flexibility index (Phi) is 5.46. The third-order valence-electron chi connectivity index (χ3n) is 6.25. The number of hydrogen-bond acceptors (Lipinski definition) is 6. The summed E-state index contributed by atoms with van der Waals surface area (Å²) in [5.41, 5.74) is 7.30. The zero-order chi connectivity index (χ0) is 23.4. The van der Waals surface area contributed by atoms with Gasteiger partial charge < -0.3 is 10.5 Å². The monoisotopic (exact) mass is 465 g/mol. The molecule has 8 nitrogen and oxygen atoms in total. The van der Waals surface area contributed by atoms with Crippen LogP contribution in [0, 0.1) is 18.6 Å². The van der Waals surface area contributed by atoms with Gasteiger partial charge in [-0.3, -0.25) is 9.47 Å². The lowest BCUT2D eigenvalue weighted by Crippen LogP contribution is -2.47. The fourth-order valence-electron chi connectivity index (χ4n) is 4.73. The van der Waals surface area contributed by atoms with Gasteiger partial charge in [0.25, 0.3) is 0 Å². The molecule has 4 heterocycles. The van der Waals surface area contributed by atoms with E-state index in [1.54, 1.807) is 14.0 Å². The van der Waals surface area contributed by atoms with Crippen LogP contribution in [0.25, 0.3) is 11.6 Å². The van der Waals surface area contributed by atoms with Crippen molar-refractivity contribution in [2.75, 3.05) is 6.61 Å². The number of nitrogens with two attached hydrogens (primary N) is 1. The molecule has 2 aromatic heterocycles. The zero-order valence-electron chi connectivity index (χ0n) is 18.1. The smallest absolute Gasteiger partial charge is 0.320 e.